The Balaban J connectivity index is 2.39. The third-order valence-electron chi connectivity index (χ3n) is 1.72. The highest BCUT2D eigenvalue weighted by Gasteiger charge is 2.37. The SMILES string of the molecule is CC1CN1C(C)(C)C. The lowest BCUT2D eigenvalue weighted by Gasteiger charge is -2.20. The summed E-state index contributed by atoms with van der Waals surface area (Å²) in [5.74, 6) is 0. The number of hydrogen-bond donors (Lipinski definition) is 0. The molecule has 1 aliphatic rings. The zero-order valence-electron chi connectivity index (χ0n) is 6.23. The monoisotopic (exact) mass is 113 g/mol. The summed E-state index contributed by atoms with van der Waals surface area (Å²) in [6.07, 6.45) is 0. The van der Waals surface area contributed by atoms with Crippen LogP contribution in [-0.2, 0) is 0 Å². The van der Waals surface area contributed by atoms with Crippen LogP contribution in [0.1, 0.15) is 27.7 Å². The molecule has 0 aromatic heterocycles. The maximum Gasteiger partial charge on any atom is 0.0201 e. The molecular formula is C7H15N. The molecule has 0 amide bonds. The highest BCUT2D eigenvalue weighted by atomic mass is 15.3. The Labute approximate surface area is 51.7 Å². The van der Waals surface area contributed by atoms with Gasteiger partial charge >= 0.3 is 0 Å². The van der Waals surface area contributed by atoms with Crippen molar-refractivity contribution < 1.29 is 0 Å². The summed E-state index contributed by atoms with van der Waals surface area (Å²) >= 11 is 0. The molecule has 1 saturated heterocycles. The summed E-state index contributed by atoms with van der Waals surface area (Å²) in [6, 6.07) is 0.843. The van der Waals surface area contributed by atoms with Gasteiger partial charge in [-0.3, -0.25) is 4.90 Å². The van der Waals surface area contributed by atoms with Crippen molar-refractivity contribution >= 4 is 0 Å². The van der Waals surface area contributed by atoms with Gasteiger partial charge in [-0.05, 0) is 27.7 Å². The van der Waals surface area contributed by atoms with Crippen molar-refractivity contribution in [2.75, 3.05) is 6.54 Å². The molecule has 1 fully saturated rings. The van der Waals surface area contributed by atoms with Gasteiger partial charge in [0.2, 0.25) is 0 Å². The second-order valence-corrected chi connectivity index (χ2v) is 3.67. The average molecular weight is 113 g/mol. The minimum atomic E-state index is 0.416. The molecule has 0 aliphatic carbocycles. The van der Waals surface area contributed by atoms with Gasteiger partial charge in [0.1, 0.15) is 0 Å². The van der Waals surface area contributed by atoms with E-state index >= 15 is 0 Å². The van der Waals surface area contributed by atoms with Gasteiger partial charge in [-0.25, -0.2) is 0 Å². The number of rotatable bonds is 0. The predicted octanol–water partition coefficient (Wildman–Crippen LogP) is 1.49. The molecule has 2 atom stereocenters. The summed E-state index contributed by atoms with van der Waals surface area (Å²) in [5, 5.41) is 0. The Morgan fingerprint density at radius 3 is 1.75 bits per heavy atom. The molecule has 1 heterocycles. The van der Waals surface area contributed by atoms with E-state index in [1.165, 1.54) is 6.54 Å². The van der Waals surface area contributed by atoms with E-state index in [0.29, 0.717) is 5.54 Å². The summed E-state index contributed by atoms with van der Waals surface area (Å²) in [4.78, 5) is 2.48. The van der Waals surface area contributed by atoms with Crippen molar-refractivity contribution in [1.82, 2.24) is 4.90 Å². The molecule has 1 heteroatoms. The fourth-order valence-corrected chi connectivity index (χ4v) is 1.17. The third kappa shape index (κ3) is 1.03. The topological polar surface area (TPSA) is 3.01 Å². The van der Waals surface area contributed by atoms with Gasteiger partial charge in [0.15, 0.2) is 0 Å². The summed E-state index contributed by atoms with van der Waals surface area (Å²) < 4.78 is 0. The van der Waals surface area contributed by atoms with Crippen LogP contribution in [-0.4, -0.2) is 23.0 Å². The maximum absolute atomic E-state index is 2.48. The van der Waals surface area contributed by atoms with Gasteiger partial charge in [0.25, 0.3) is 0 Å². The Morgan fingerprint density at radius 1 is 1.38 bits per heavy atom. The molecule has 0 aromatic rings. The summed E-state index contributed by atoms with van der Waals surface area (Å²) in [5.41, 5.74) is 0.416. The van der Waals surface area contributed by atoms with Crippen LogP contribution in [0.4, 0.5) is 0 Å². The number of hydrogen-bond acceptors (Lipinski definition) is 1. The fraction of sp³-hybridized carbons (Fsp3) is 1.00. The lowest BCUT2D eigenvalue weighted by molar-refractivity contribution is 0.291. The van der Waals surface area contributed by atoms with E-state index in [1.54, 1.807) is 0 Å². The molecule has 0 bridgehead atoms. The Kier molecular flexibility index (Phi) is 1.12. The molecule has 2 unspecified atom stereocenters. The van der Waals surface area contributed by atoms with E-state index in [0.717, 1.165) is 6.04 Å². The highest BCUT2D eigenvalue weighted by Crippen LogP contribution is 2.27. The van der Waals surface area contributed by atoms with Crippen molar-refractivity contribution in [2.24, 2.45) is 0 Å². The van der Waals surface area contributed by atoms with Gasteiger partial charge in [-0.2, -0.15) is 0 Å². The minimum Gasteiger partial charge on any atom is -0.293 e. The van der Waals surface area contributed by atoms with Crippen molar-refractivity contribution in [1.29, 1.82) is 0 Å². The molecule has 0 radical (unpaired) electrons. The molecule has 8 heavy (non-hydrogen) atoms. The number of nitrogens with zero attached hydrogens (tertiary/aromatic N) is 1. The van der Waals surface area contributed by atoms with Gasteiger partial charge < -0.3 is 0 Å². The smallest absolute Gasteiger partial charge is 0.0201 e. The van der Waals surface area contributed by atoms with Crippen LogP contribution in [0, 0.1) is 0 Å². The predicted molar refractivity (Wildman–Crippen MR) is 35.9 cm³/mol. The molecule has 1 rings (SSSR count). The minimum absolute atomic E-state index is 0.416. The van der Waals surface area contributed by atoms with Crippen LogP contribution in [0.3, 0.4) is 0 Å². The zero-order valence-corrected chi connectivity index (χ0v) is 6.23. The Bertz CT molecular complexity index is 91.1. The van der Waals surface area contributed by atoms with Gasteiger partial charge in [0, 0.05) is 18.1 Å². The van der Waals surface area contributed by atoms with Gasteiger partial charge in [0.05, 0.1) is 0 Å². The quantitative estimate of drug-likeness (QED) is 0.430. The Hall–Kier alpha value is -0.0400. The van der Waals surface area contributed by atoms with Gasteiger partial charge in [-0.15, -0.1) is 0 Å². The molecule has 1 aliphatic heterocycles. The first kappa shape index (κ1) is 6.09. The normalized spacial score (nSPS) is 37.5. The van der Waals surface area contributed by atoms with Crippen molar-refractivity contribution in [3.05, 3.63) is 0 Å². The Morgan fingerprint density at radius 2 is 1.75 bits per heavy atom. The van der Waals surface area contributed by atoms with Crippen LogP contribution in [0.15, 0.2) is 0 Å². The third-order valence-corrected chi connectivity index (χ3v) is 1.72. The standard InChI is InChI=1S/C7H15N/c1-6-5-8(6)7(2,3)4/h6H,5H2,1-4H3. The first-order valence-corrected chi connectivity index (χ1v) is 3.28. The molecule has 0 spiro atoms. The highest BCUT2D eigenvalue weighted by molar-refractivity contribution is 4.94. The lowest BCUT2D eigenvalue weighted by atomic mass is 10.1. The molecule has 1 nitrogen and oxygen atoms in total. The van der Waals surface area contributed by atoms with Crippen molar-refractivity contribution in [2.45, 2.75) is 39.3 Å². The van der Waals surface area contributed by atoms with E-state index in [1.807, 2.05) is 0 Å². The second-order valence-electron chi connectivity index (χ2n) is 3.67. The first-order chi connectivity index (χ1) is 3.52. The largest absolute Gasteiger partial charge is 0.293 e. The van der Waals surface area contributed by atoms with E-state index < -0.39 is 0 Å². The first-order valence-electron chi connectivity index (χ1n) is 3.28. The second kappa shape index (κ2) is 1.47. The van der Waals surface area contributed by atoms with E-state index in [2.05, 4.69) is 32.6 Å². The lowest BCUT2D eigenvalue weighted by Crippen LogP contribution is -2.26. The van der Waals surface area contributed by atoms with Crippen LogP contribution >= 0.6 is 0 Å². The maximum atomic E-state index is 2.48. The molecule has 0 saturated carbocycles. The van der Waals surface area contributed by atoms with Crippen molar-refractivity contribution in [3.63, 3.8) is 0 Å². The van der Waals surface area contributed by atoms with E-state index in [9.17, 15) is 0 Å². The molecular weight excluding hydrogens is 98.1 g/mol. The van der Waals surface area contributed by atoms with Crippen LogP contribution in [0.2, 0.25) is 0 Å². The molecule has 0 N–H and O–H groups in total. The average Bonchev–Trinajstić information content (AvgIpc) is 2.13. The van der Waals surface area contributed by atoms with Crippen LogP contribution < -0.4 is 0 Å². The molecule has 48 valence electrons. The van der Waals surface area contributed by atoms with Crippen molar-refractivity contribution in [3.8, 4) is 0 Å². The van der Waals surface area contributed by atoms with Crippen LogP contribution in [0.5, 0.6) is 0 Å². The zero-order chi connectivity index (χ0) is 6.36. The molecule has 0 aromatic carbocycles. The van der Waals surface area contributed by atoms with E-state index in [4.69, 9.17) is 0 Å². The fourth-order valence-electron chi connectivity index (χ4n) is 1.17. The van der Waals surface area contributed by atoms with Crippen LogP contribution in [0.25, 0.3) is 0 Å². The van der Waals surface area contributed by atoms with Gasteiger partial charge in [-0.1, -0.05) is 0 Å². The van der Waals surface area contributed by atoms with E-state index in [-0.39, 0.29) is 0 Å². The summed E-state index contributed by atoms with van der Waals surface area (Å²) in [7, 11) is 0. The summed E-state index contributed by atoms with van der Waals surface area (Å²) in [6.45, 7) is 10.3.